The van der Waals surface area contributed by atoms with Crippen LogP contribution < -0.4 is 15.9 Å². The Hall–Kier alpha value is -4.30. The second kappa shape index (κ2) is 12.1. The third kappa shape index (κ3) is 5.93. The number of rotatable bonds is 9. The fraction of sp³-hybridized carbons (Fsp3) is 0.259. The standard InChI is InChI=1S/C27H25N5O7S2/c1-31-27(29-22(34)23(35)30-31)41-14-17-13-40-25-20(28-11-16-5-3-4-6-19(16)33)24(36)32(25)21(17)26(37)39-12-15-7-9-18(38-2)10-8-15/h3-11,20,25,33H,12-14H2,1-2H3,(H,30,35)/t20-,25-/m1/s1. The van der Waals surface area contributed by atoms with Crippen molar-refractivity contribution in [2.75, 3.05) is 18.6 Å². The van der Waals surface area contributed by atoms with Gasteiger partial charge in [0, 0.05) is 30.3 Å². The Bertz CT molecular complexity index is 1670. The van der Waals surface area contributed by atoms with Crippen molar-refractivity contribution in [3.05, 3.63) is 91.6 Å². The van der Waals surface area contributed by atoms with Crippen molar-refractivity contribution < 1.29 is 24.2 Å². The van der Waals surface area contributed by atoms with Crippen molar-refractivity contribution in [3.8, 4) is 11.5 Å². The molecule has 12 nitrogen and oxygen atoms in total. The van der Waals surface area contributed by atoms with Crippen molar-refractivity contribution in [2.45, 2.75) is 23.2 Å². The van der Waals surface area contributed by atoms with Gasteiger partial charge in [0.15, 0.2) is 11.2 Å². The molecule has 0 aliphatic carbocycles. The van der Waals surface area contributed by atoms with Crippen LogP contribution in [0.4, 0.5) is 0 Å². The molecular weight excluding hydrogens is 570 g/mol. The molecular formula is C27H25N5O7S2. The number of fused-ring (bicyclic) bond motifs is 1. The number of phenolic OH excluding ortho intramolecular Hbond substituents is 1. The van der Waals surface area contributed by atoms with Crippen molar-refractivity contribution >= 4 is 41.6 Å². The third-order valence-electron chi connectivity index (χ3n) is 6.38. The Labute approximate surface area is 242 Å². The molecule has 1 amide bonds. The van der Waals surface area contributed by atoms with E-state index in [0.29, 0.717) is 22.6 Å². The number of nitrogens with one attached hydrogen (secondary N) is 1. The predicted molar refractivity (Wildman–Crippen MR) is 153 cm³/mol. The Balaban J connectivity index is 1.39. The second-order valence-corrected chi connectivity index (χ2v) is 11.1. The maximum Gasteiger partial charge on any atom is 0.355 e. The summed E-state index contributed by atoms with van der Waals surface area (Å²) >= 11 is 2.59. The summed E-state index contributed by atoms with van der Waals surface area (Å²) in [6.45, 7) is -0.0164. The van der Waals surface area contributed by atoms with Gasteiger partial charge in [-0.3, -0.25) is 34.1 Å². The summed E-state index contributed by atoms with van der Waals surface area (Å²) in [6.07, 6.45) is 1.45. The lowest BCUT2D eigenvalue weighted by Gasteiger charge is -2.48. The van der Waals surface area contributed by atoms with Crippen LogP contribution in [0.1, 0.15) is 11.1 Å². The summed E-state index contributed by atoms with van der Waals surface area (Å²) in [5.74, 6) is 0.288. The molecule has 2 atom stereocenters. The van der Waals surface area contributed by atoms with E-state index in [2.05, 4.69) is 15.1 Å². The number of thioether (sulfide) groups is 2. The molecule has 3 aromatic rings. The zero-order valence-electron chi connectivity index (χ0n) is 22.0. The number of H-pyrrole nitrogens is 1. The second-order valence-electron chi connectivity index (χ2n) is 9.06. The van der Waals surface area contributed by atoms with E-state index in [1.807, 2.05) is 0 Å². The number of amides is 1. The van der Waals surface area contributed by atoms with Crippen LogP contribution in [0.15, 0.2) is 79.5 Å². The summed E-state index contributed by atoms with van der Waals surface area (Å²) in [5.41, 5.74) is 0.211. The molecule has 14 heteroatoms. The summed E-state index contributed by atoms with van der Waals surface area (Å²) < 4.78 is 12.1. The largest absolute Gasteiger partial charge is 0.507 e. The van der Waals surface area contributed by atoms with E-state index in [0.717, 1.165) is 17.3 Å². The van der Waals surface area contributed by atoms with E-state index in [-0.39, 0.29) is 34.9 Å². The van der Waals surface area contributed by atoms with Crippen molar-refractivity contribution in [1.29, 1.82) is 0 Å². The molecule has 0 saturated carbocycles. The summed E-state index contributed by atoms with van der Waals surface area (Å²) in [4.78, 5) is 59.7. The van der Waals surface area contributed by atoms with Gasteiger partial charge in [0.05, 0.1) is 7.11 Å². The minimum Gasteiger partial charge on any atom is -0.507 e. The first-order valence-corrected chi connectivity index (χ1v) is 14.4. The molecule has 1 aromatic heterocycles. The summed E-state index contributed by atoms with van der Waals surface area (Å²) in [6, 6.07) is 13.0. The lowest BCUT2D eigenvalue weighted by molar-refractivity contribution is -0.151. The van der Waals surface area contributed by atoms with Gasteiger partial charge < -0.3 is 14.6 Å². The number of aliphatic imine (C=N–C) groups is 1. The molecule has 0 spiro atoms. The molecule has 41 heavy (non-hydrogen) atoms. The van der Waals surface area contributed by atoms with Gasteiger partial charge >= 0.3 is 17.1 Å². The first kappa shape index (κ1) is 28.2. The Kier molecular flexibility index (Phi) is 8.31. The normalized spacial score (nSPS) is 18.3. The molecule has 2 aliphatic heterocycles. The molecule has 5 rings (SSSR count). The summed E-state index contributed by atoms with van der Waals surface area (Å²) in [5, 5.41) is 12.2. The van der Waals surface area contributed by atoms with Gasteiger partial charge in [-0.05, 0) is 35.4 Å². The van der Waals surface area contributed by atoms with Crippen molar-refractivity contribution in [1.82, 2.24) is 19.7 Å². The van der Waals surface area contributed by atoms with Gasteiger partial charge in [0.1, 0.15) is 29.2 Å². The smallest absolute Gasteiger partial charge is 0.355 e. The quantitative estimate of drug-likeness (QED) is 0.123. The average Bonchev–Trinajstić information content (AvgIpc) is 2.97. The number of β-lactam (4-membered cyclic amide) rings is 1. The van der Waals surface area contributed by atoms with Crippen molar-refractivity contribution in [2.24, 2.45) is 12.0 Å². The SMILES string of the molecule is COc1ccc(COC(=O)C2=C(CSc3nc(=O)c(=O)[nH]n3C)CS[C@@H]3[C@H](N=Cc4ccccc4O)C(=O)N23)cc1. The van der Waals surface area contributed by atoms with Crippen LogP contribution in [0, 0.1) is 0 Å². The third-order valence-corrected chi connectivity index (χ3v) is 8.82. The first-order chi connectivity index (χ1) is 19.8. The highest BCUT2D eigenvalue weighted by Crippen LogP contribution is 2.43. The fourth-order valence-electron chi connectivity index (χ4n) is 4.20. The van der Waals surface area contributed by atoms with E-state index >= 15 is 0 Å². The highest BCUT2D eigenvalue weighted by Gasteiger charge is 2.53. The lowest BCUT2D eigenvalue weighted by Crippen LogP contribution is -2.64. The zero-order chi connectivity index (χ0) is 29.1. The van der Waals surface area contributed by atoms with Crippen LogP contribution in [0.5, 0.6) is 11.5 Å². The van der Waals surface area contributed by atoms with Gasteiger partial charge in [0.2, 0.25) is 0 Å². The number of ether oxygens (including phenoxy) is 2. The average molecular weight is 596 g/mol. The molecule has 2 aliphatic rings. The molecule has 0 bridgehead atoms. The van der Waals surface area contributed by atoms with E-state index in [9.17, 15) is 24.3 Å². The van der Waals surface area contributed by atoms with Gasteiger partial charge in [0.25, 0.3) is 5.91 Å². The molecule has 1 fully saturated rings. The monoisotopic (exact) mass is 595 g/mol. The van der Waals surface area contributed by atoms with Gasteiger partial charge in [-0.15, -0.1) is 11.8 Å². The number of aromatic nitrogens is 3. The van der Waals surface area contributed by atoms with Gasteiger partial charge in [-0.25, -0.2) is 4.79 Å². The van der Waals surface area contributed by atoms with Crippen LogP contribution >= 0.6 is 23.5 Å². The van der Waals surface area contributed by atoms with Crippen molar-refractivity contribution in [3.63, 3.8) is 0 Å². The van der Waals surface area contributed by atoms with Crippen LogP contribution in [-0.2, 0) is 28.0 Å². The molecule has 0 unspecified atom stereocenters. The number of carbonyl (C=O) groups is 2. The minimum atomic E-state index is -0.917. The number of benzene rings is 2. The highest BCUT2D eigenvalue weighted by atomic mass is 32.2. The molecule has 212 valence electrons. The van der Waals surface area contributed by atoms with Gasteiger partial charge in [-0.1, -0.05) is 36.0 Å². The van der Waals surface area contributed by atoms with Crippen LogP contribution in [0.2, 0.25) is 0 Å². The number of methoxy groups -OCH3 is 1. The molecule has 2 aromatic carbocycles. The number of hydrogen-bond donors (Lipinski definition) is 2. The number of phenols is 1. The first-order valence-electron chi connectivity index (χ1n) is 12.3. The summed E-state index contributed by atoms with van der Waals surface area (Å²) in [7, 11) is 3.11. The van der Waals surface area contributed by atoms with Crippen LogP contribution in [-0.4, -0.2) is 72.9 Å². The molecule has 0 radical (unpaired) electrons. The topological polar surface area (TPSA) is 156 Å². The van der Waals surface area contributed by atoms with E-state index in [1.165, 1.54) is 33.6 Å². The maximum absolute atomic E-state index is 13.4. The lowest BCUT2D eigenvalue weighted by atomic mass is 10.0. The molecule has 1 saturated heterocycles. The predicted octanol–water partition coefficient (Wildman–Crippen LogP) is 1.68. The Morgan fingerprint density at radius 3 is 2.71 bits per heavy atom. The number of carbonyl (C=O) groups excluding carboxylic acids is 2. The number of aromatic hydroxyl groups is 1. The minimum absolute atomic E-state index is 0.0164. The number of para-hydroxylation sites is 1. The Morgan fingerprint density at radius 1 is 1.22 bits per heavy atom. The Morgan fingerprint density at radius 2 is 1.98 bits per heavy atom. The number of aryl methyl sites for hydroxylation is 1. The van der Waals surface area contributed by atoms with E-state index in [1.54, 1.807) is 56.6 Å². The fourth-order valence-corrected chi connectivity index (χ4v) is 6.60. The van der Waals surface area contributed by atoms with Crippen LogP contribution in [0.3, 0.4) is 0 Å². The zero-order valence-corrected chi connectivity index (χ0v) is 23.6. The molecule has 2 N–H and O–H groups in total. The highest BCUT2D eigenvalue weighted by molar-refractivity contribution is 8.01. The van der Waals surface area contributed by atoms with Crippen LogP contribution in [0.25, 0.3) is 0 Å². The maximum atomic E-state index is 13.4. The number of esters is 1. The number of nitrogens with zero attached hydrogens (tertiary/aromatic N) is 4. The number of hydrogen-bond acceptors (Lipinski definition) is 11. The van der Waals surface area contributed by atoms with E-state index in [4.69, 9.17) is 9.47 Å². The van der Waals surface area contributed by atoms with Gasteiger partial charge in [-0.2, -0.15) is 4.98 Å². The number of aromatic amines is 1. The molecule has 3 heterocycles. The van der Waals surface area contributed by atoms with E-state index < -0.39 is 28.5 Å².